The molecule has 3 aromatic heterocycles. The predicted molar refractivity (Wildman–Crippen MR) is 305 cm³/mol. The highest BCUT2D eigenvalue weighted by Gasteiger charge is 2.42. The zero-order chi connectivity index (χ0) is 69.5. The van der Waals surface area contributed by atoms with Crippen molar-refractivity contribution in [3.05, 3.63) is 232 Å². The Bertz CT molecular complexity index is 4780. The standard InChI is InChI=1S/C68H30F24N4/c69-61(70,71)42-13-37(14-43(26-42)62(72,73)74)33-1-5-50-51-6-2-34(38-15-44(63(75,76)77)27-45(16-38)64(78,79)80)22-57(51)95(56(50)21-33)55-30-54(32-9-11-94-12-10-32)60(25-41(55)31-93)96-58-23-35(39-17-46(65(81,82)83)28-47(18-39)66(84,85)86)3-7-52(58)53-8-4-36(24-59(53)96)40-19-48(67(87,88)89)29-49(20-40)68(90,91)92/h1-30H. The molecule has 12 aromatic rings. The van der Waals surface area contributed by atoms with Gasteiger partial charge in [-0.25, -0.2) is 0 Å². The molecule has 0 saturated heterocycles. The van der Waals surface area contributed by atoms with Gasteiger partial charge in [-0.2, -0.15) is 111 Å². The summed E-state index contributed by atoms with van der Waals surface area (Å²) in [5.74, 6) is 0. The second-order valence-corrected chi connectivity index (χ2v) is 22.0. The SMILES string of the molecule is N#Cc1cc(-n2c3cc(-c4cc(C(F)(F)F)cc(C(F)(F)F)c4)ccc3c3ccc(-c4cc(C(F)(F)F)cc(C(F)(F)F)c4)cc32)c(-c2ccncc2)cc1-n1c2cc(-c3cc(C(F)(F)F)cc(C(F)(F)F)c3)ccc2c2ccc(-c3cc(C(F)(F)F)cc(C(F)(F)F)c3)cc21. The van der Waals surface area contributed by atoms with Crippen molar-refractivity contribution in [1.29, 1.82) is 5.26 Å². The zero-order valence-electron chi connectivity index (χ0n) is 47.2. The van der Waals surface area contributed by atoms with E-state index < -0.39 is 122 Å². The van der Waals surface area contributed by atoms with Gasteiger partial charge < -0.3 is 9.13 Å². The molecule has 0 bridgehead atoms. The van der Waals surface area contributed by atoms with E-state index in [0.29, 0.717) is 48.5 Å². The molecule has 0 aliphatic carbocycles. The van der Waals surface area contributed by atoms with Crippen LogP contribution in [0, 0.1) is 11.3 Å². The maximum absolute atomic E-state index is 14.4. The number of rotatable bonds is 7. The molecule has 0 fully saturated rings. The highest BCUT2D eigenvalue weighted by atomic mass is 19.4. The Balaban J connectivity index is 1.21. The number of benzene rings is 9. The molecule has 490 valence electrons. The Morgan fingerprint density at radius 2 is 0.490 bits per heavy atom. The summed E-state index contributed by atoms with van der Waals surface area (Å²) in [6.45, 7) is 0. The molecule has 0 saturated carbocycles. The van der Waals surface area contributed by atoms with Crippen molar-refractivity contribution >= 4 is 43.6 Å². The average molecular weight is 1360 g/mol. The number of halogens is 24. The van der Waals surface area contributed by atoms with Gasteiger partial charge in [-0.1, -0.05) is 48.5 Å². The average Bonchev–Trinajstić information content (AvgIpc) is 1.56. The van der Waals surface area contributed by atoms with Crippen LogP contribution in [0.5, 0.6) is 0 Å². The summed E-state index contributed by atoms with van der Waals surface area (Å²) in [6, 6.07) is 23.1. The molecule has 0 amide bonds. The molecule has 3 heterocycles. The molecule has 0 radical (unpaired) electrons. The van der Waals surface area contributed by atoms with Crippen molar-refractivity contribution in [3.8, 4) is 73.1 Å². The molecule has 0 atom stereocenters. The van der Waals surface area contributed by atoms with Crippen LogP contribution < -0.4 is 0 Å². The number of hydrogen-bond donors (Lipinski definition) is 0. The van der Waals surface area contributed by atoms with E-state index in [2.05, 4.69) is 4.98 Å². The van der Waals surface area contributed by atoms with Gasteiger partial charge in [0, 0.05) is 39.5 Å². The number of fused-ring (bicyclic) bond motifs is 6. The smallest absolute Gasteiger partial charge is 0.309 e. The number of alkyl halides is 24. The van der Waals surface area contributed by atoms with Crippen molar-refractivity contribution in [2.24, 2.45) is 0 Å². The lowest BCUT2D eigenvalue weighted by Gasteiger charge is -2.20. The van der Waals surface area contributed by atoms with Gasteiger partial charge in [0.15, 0.2) is 0 Å². The number of aromatic nitrogens is 3. The summed E-state index contributed by atoms with van der Waals surface area (Å²) < 4.78 is 348. The number of hydrogen-bond acceptors (Lipinski definition) is 2. The fraction of sp³-hybridized carbons (Fsp3) is 0.118. The van der Waals surface area contributed by atoms with E-state index in [1.807, 2.05) is 6.07 Å². The molecule has 96 heavy (non-hydrogen) atoms. The molecule has 12 rings (SSSR count). The first kappa shape index (κ1) is 65.6. The van der Waals surface area contributed by atoms with Gasteiger partial charge >= 0.3 is 49.4 Å². The normalized spacial score (nSPS) is 13.2. The molecule has 4 nitrogen and oxygen atoms in total. The molecule has 0 aliphatic heterocycles. The molecule has 0 N–H and O–H groups in total. The zero-order valence-corrected chi connectivity index (χ0v) is 47.2. The van der Waals surface area contributed by atoms with E-state index in [0.717, 1.165) is 59.2 Å². The minimum Gasteiger partial charge on any atom is -0.309 e. The van der Waals surface area contributed by atoms with Gasteiger partial charge in [-0.15, -0.1) is 0 Å². The Morgan fingerprint density at radius 1 is 0.250 bits per heavy atom. The van der Waals surface area contributed by atoms with E-state index in [1.54, 1.807) is 0 Å². The third-order valence-electron chi connectivity index (χ3n) is 15.9. The van der Waals surface area contributed by atoms with Crippen molar-refractivity contribution in [1.82, 2.24) is 14.1 Å². The Hall–Kier alpha value is -10.5. The lowest BCUT2D eigenvalue weighted by molar-refractivity contribution is -0.144. The third kappa shape index (κ3) is 12.3. The van der Waals surface area contributed by atoms with Crippen LogP contribution in [-0.4, -0.2) is 14.1 Å². The fourth-order valence-electron chi connectivity index (χ4n) is 11.6. The quantitative estimate of drug-likeness (QED) is 0.149. The summed E-state index contributed by atoms with van der Waals surface area (Å²) in [6.07, 6.45) is -40.6. The first-order valence-corrected chi connectivity index (χ1v) is 27.4. The third-order valence-corrected chi connectivity index (χ3v) is 15.9. The van der Waals surface area contributed by atoms with Gasteiger partial charge in [-0.05, 0) is 171 Å². The van der Waals surface area contributed by atoms with Crippen LogP contribution in [0.1, 0.15) is 50.1 Å². The first-order valence-electron chi connectivity index (χ1n) is 27.4. The fourth-order valence-corrected chi connectivity index (χ4v) is 11.6. The van der Waals surface area contributed by atoms with Crippen LogP contribution in [0.4, 0.5) is 105 Å². The number of nitriles is 1. The second-order valence-electron chi connectivity index (χ2n) is 22.0. The first-order chi connectivity index (χ1) is 44.5. The summed E-state index contributed by atoms with van der Waals surface area (Å²) >= 11 is 0. The Kier molecular flexibility index (Phi) is 15.3. The Labute approximate surface area is 521 Å². The van der Waals surface area contributed by atoms with E-state index in [1.165, 1.54) is 59.4 Å². The van der Waals surface area contributed by atoms with Gasteiger partial charge in [0.05, 0.1) is 83.5 Å². The Morgan fingerprint density at radius 3 is 0.719 bits per heavy atom. The summed E-state index contributed by atoms with van der Waals surface area (Å²) in [4.78, 5) is 4.03. The number of pyridine rings is 1. The molecule has 28 heteroatoms. The van der Waals surface area contributed by atoms with Gasteiger partial charge in [0.1, 0.15) is 6.07 Å². The van der Waals surface area contributed by atoms with Crippen molar-refractivity contribution in [3.63, 3.8) is 0 Å². The van der Waals surface area contributed by atoms with Crippen LogP contribution in [0.25, 0.3) is 111 Å². The molecule has 0 spiro atoms. The minimum atomic E-state index is -5.38. The molecular formula is C68H30F24N4. The minimum absolute atomic E-state index is 0.0378. The summed E-state index contributed by atoms with van der Waals surface area (Å²) in [7, 11) is 0. The van der Waals surface area contributed by atoms with Crippen molar-refractivity contribution in [2.45, 2.75) is 49.4 Å². The monoisotopic (exact) mass is 1360 g/mol. The van der Waals surface area contributed by atoms with Gasteiger partial charge in [0.25, 0.3) is 0 Å². The maximum Gasteiger partial charge on any atom is 0.416 e. The lowest BCUT2D eigenvalue weighted by Crippen LogP contribution is -2.11. The maximum atomic E-state index is 14.4. The van der Waals surface area contributed by atoms with E-state index in [-0.39, 0.29) is 113 Å². The second kappa shape index (κ2) is 22.3. The number of nitrogens with zero attached hydrogens (tertiary/aromatic N) is 4. The van der Waals surface area contributed by atoms with E-state index in [4.69, 9.17) is 0 Å². The lowest BCUT2D eigenvalue weighted by atomic mass is 9.97. The highest BCUT2D eigenvalue weighted by Crippen LogP contribution is 2.49. The van der Waals surface area contributed by atoms with Crippen LogP contribution in [0.2, 0.25) is 0 Å². The topological polar surface area (TPSA) is 46.5 Å². The largest absolute Gasteiger partial charge is 0.416 e. The van der Waals surface area contributed by atoms with Gasteiger partial charge in [-0.3, -0.25) is 4.98 Å². The summed E-state index contributed by atoms with van der Waals surface area (Å²) in [5, 5.41) is 11.6. The van der Waals surface area contributed by atoms with Crippen LogP contribution in [0.3, 0.4) is 0 Å². The molecular weight excluding hydrogens is 1330 g/mol. The van der Waals surface area contributed by atoms with E-state index in [9.17, 15) is 111 Å². The van der Waals surface area contributed by atoms with Gasteiger partial charge in [0.2, 0.25) is 0 Å². The van der Waals surface area contributed by atoms with Crippen LogP contribution in [0.15, 0.2) is 182 Å². The molecule has 0 aliphatic rings. The van der Waals surface area contributed by atoms with E-state index >= 15 is 0 Å². The van der Waals surface area contributed by atoms with Crippen molar-refractivity contribution in [2.75, 3.05) is 0 Å². The molecule has 0 unspecified atom stereocenters. The predicted octanol–water partition coefficient (Wildman–Crippen LogP) is 23.6. The molecule has 9 aromatic carbocycles. The van der Waals surface area contributed by atoms with Crippen molar-refractivity contribution < 1.29 is 105 Å². The van der Waals surface area contributed by atoms with Crippen LogP contribution >= 0.6 is 0 Å². The van der Waals surface area contributed by atoms with Crippen LogP contribution in [-0.2, 0) is 49.4 Å². The highest BCUT2D eigenvalue weighted by molar-refractivity contribution is 6.13. The summed E-state index contributed by atoms with van der Waals surface area (Å²) in [5.41, 5.74) is -20.2.